The summed E-state index contributed by atoms with van der Waals surface area (Å²) in [6.07, 6.45) is -0.0771. The highest BCUT2D eigenvalue weighted by atomic mass is 16.6. The lowest BCUT2D eigenvalue weighted by Crippen LogP contribution is -2.33. The summed E-state index contributed by atoms with van der Waals surface area (Å²) < 4.78 is 4.94. The monoisotopic (exact) mass is 268 g/mol. The van der Waals surface area contributed by atoms with Crippen LogP contribution < -0.4 is 10.1 Å². The molecule has 0 atom stereocenters. The molecule has 0 bridgehead atoms. The van der Waals surface area contributed by atoms with E-state index in [1.165, 1.54) is 25.3 Å². The highest BCUT2D eigenvalue weighted by molar-refractivity contribution is 5.69. The van der Waals surface area contributed by atoms with Crippen molar-refractivity contribution >= 4 is 17.3 Å². The van der Waals surface area contributed by atoms with Crippen LogP contribution in [0, 0.1) is 10.1 Å². The van der Waals surface area contributed by atoms with Crippen LogP contribution in [0.1, 0.15) is 20.3 Å². The van der Waals surface area contributed by atoms with Gasteiger partial charge in [-0.15, -0.1) is 0 Å². The van der Waals surface area contributed by atoms with Crippen molar-refractivity contribution in [2.24, 2.45) is 0 Å². The van der Waals surface area contributed by atoms with Crippen LogP contribution in [0.5, 0.6) is 5.75 Å². The van der Waals surface area contributed by atoms with Gasteiger partial charge in [0.1, 0.15) is 0 Å². The lowest BCUT2D eigenvalue weighted by Gasteiger charge is -2.25. The van der Waals surface area contributed by atoms with E-state index in [1.54, 1.807) is 13.8 Å². The quantitative estimate of drug-likeness (QED) is 0.606. The lowest BCUT2D eigenvalue weighted by atomic mass is 10.0. The number of aliphatic carboxylic acids is 1. The van der Waals surface area contributed by atoms with Gasteiger partial charge in [-0.25, -0.2) is 0 Å². The van der Waals surface area contributed by atoms with Gasteiger partial charge in [-0.05, 0) is 19.9 Å². The molecule has 104 valence electrons. The van der Waals surface area contributed by atoms with E-state index in [0.29, 0.717) is 5.69 Å². The number of nitro groups is 1. The van der Waals surface area contributed by atoms with Crippen LogP contribution in [-0.4, -0.2) is 28.6 Å². The van der Waals surface area contributed by atoms with Crippen LogP contribution in [-0.2, 0) is 4.79 Å². The molecular weight excluding hydrogens is 252 g/mol. The molecule has 0 unspecified atom stereocenters. The number of carbonyl (C=O) groups is 1. The molecule has 0 saturated carbocycles. The molecule has 2 N–H and O–H groups in total. The molecule has 0 radical (unpaired) electrons. The first kappa shape index (κ1) is 14.7. The van der Waals surface area contributed by atoms with Crippen molar-refractivity contribution in [3.8, 4) is 5.75 Å². The zero-order chi connectivity index (χ0) is 14.6. The molecule has 7 heteroatoms. The van der Waals surface area contributed by atoms with Gasteiger partial charge in [-0.1, -0.05) is 0 Å². The third kappa shape index (κ3) is 4.13. The third-order valence-corrected chi connectivity index (χ3v) is 2.45. The number of benzene rings is 1. The number of ether oxygens (including phenoxy) is 1. The molecule has 0 aliphatic carbocycles. The summed E-state index contributed by atoms with van der Waals surface area (Å²) in [7, 11) is 1.34. The van der Waals surface area contributed by atoms with Crippen molar-refractivity contribution < 1.29 is 19.6 Å². The normalized spacial score (nSPS) is 10.9. The highest BCUT2D eigenvalue weighted by Gasteiger charge is 2.23. The molecule has 0 spiro atoms. The van der Waals surface area contributed by atoms with Crippen LogP contribution in [0.3, 0.4) is 0 Å². The number of hydrogen-bond donors (Lipinski definition) is 2. The van der Waals surface area contributed by atoms with Gasteiger partial charge in [0.05, 0.1) is 18.5 Å². The van der Waals surface area contributed by atoms with Crippen molar-refractivity contribution in [1.82, 2.24) is 0 Å². The van der Waals surface area contributed by atoms with E-state index in [2.05, 4.69) is 5.32 Å². The van der Waals surface area contributed by atoms with E-state index >= 15 is 0 Å². The minimum Gasteiger partial charge on any atom is -0.490 e. The molecule has 7 nitrogen and oxygen atoms in total. The average Bonchev–Trinajstić information content (AvgIpc) is 2.25. The lowest BCUT2D eigenvalue weighted by molar-refractivity contribution is -0.385. The second kappa shape index (κ2) is 5.55. The van der Waals surface area contributed by atoms with Crippen LogP contribution in [0.2, 0.25) is 0 Å². The zero-order valence-corrected chi connectivity index (χ0v) is 11.0. The van der Waals surface area contributed by atoms with Gasteiger partial charge in [0.2, 0.25) is 0 Å². The summed E-state index contributed by atoms with van der Waals surface area (Å²) in [5.41, 5.74) is -0.245. The Kier molecular flexibility index (Phi) is 4.31. The first-order valence-corrected chi connectivity index (χ1v) is 5.57. The number of hydrogen-bond acceptors (Lipinski definition) is 5. The molecule has 0 aliphatic heterocycles. The van der Waals surface area contributed by atoms with Crippen molar-refractivity contribution in [3.05, 3.63) is 28.3 Å². The van der Waals surface area contributed by atoms with Gasteiger partial charge < -0.3 is 15.2 Å². The molecule has 1 aromatic rings. The summed E-state index contributed by atoms with van der Waals surface area (Å²) >= 11 is 0. The Morgan fingerprint density at radius 2 is 2.16 bits per heavy atom. The fourth-order valence-corrected chi connectivity index (χ4v) is 1.72. The maximum absolute atomic E-state index is 10.8. The first-order chi connectivity index (χ1) is 8.75. The number of rotatable bonds is 6. The Hall–Kier alpha value is -2.31. The minimum atomic E-state index is -0.925. The van der Waals surface area contributed by atoms with Gasteiger partial charge in [0, 0.05) is 23.4 Å². The SMILES string of the molecule is COc1cc(NC(C)(C)CC(=O)O)ccc1[N+](=O)[O-]. The van der Waals surface area contributed by atoms with Gasteiger partial charge in [-0.2, -0.15) is 0 Å². The molecule has 0 aromatic heterocycles. The zero-order valence-electron chi connectivity index (χ0n) is 11.0. The van der Waals surface area contributed by atoms with Crippen molar-refractivity contribution in [2.75, 3.05) is 12.4 Å². The summed E-state index contributed by atoms with van der Waals surface area (Å²) in [6.45, 7) is 3.46. The van der Waals surface area contributed by atoms with Crippen LogP contribution >= 0.6 is 0 Å². The summed E-state index contributed by atoms with van der Waals surface area (Å²) in [4.78, 5) is 20.9. The molecule has 1 aromatic carbocycles. The molecule has 0 heterocycles. The van der Waals surface area contributed by atoms with Crippen molar-refractivity contribution in [2.45, 2.75) is 25.8 Å². The number of nitrogens with zero attached hydrogens (tertiary/aromatic N) is 1. The number of nitrogens with one attached hydrogen (secondary N) is 1. The second-order valence-corrected chi connectivity index (χ2v) is 4.72. The van der Waals surface area contributed by atoms with Crippen LogP contribution in [0.25, 0.3) is 0 Å². The smallest absolute Gasteiger partial charge is 0.311 e. The summed E-state index contributed by atoms with van der Waals surface area (Å²) in [6, 6.07) is 4.31. The average molecular weight is 268 g/mol. The third-order valence-electron chi connectivity index (χ3n) is 2.45. The molecule has 0 amide bonds. The predicted octanol–water partition coefficient (Wildman–Crippen LogP) is 2.27. The first-order valence-electron chi connectivity index (χ1n) is 5.57. The summed E-state index contributed by atoms with van der Waals surface area (Å²) in [5.74, 6) is -0.799. The van der Waals surface area contributed by atoms with Crippen LogP contribution in [0.15, 0.2) is 18.2 Å². The van der Waals surface area contributed by atoms with E-state index < -0.39 is 16.4 Å². The van der Waals surface area contributed by atoms with Crippen LogP contribution in [0.4, 0.5) is 11.4 Å². The molecular formula is C12H16N2O5. The maximum Gasteiger partial charge on any atom is 0.311 e. The fourth-order valence-electron chi connectivity index (χ4n) is 1.72. The maximum atomic E-state index is 10.8. The summed E-state index contributed by atoms with van der Waals surface area (Å²) in [5, 5.41) is 22.5. The molecule has 0 aliphatic rings. The Morgan fingerprint density at radius 1 is 1.53 bits per heavy atom. The van der Waals surface area contributed by atoms with E-state index in [1.807, 2.05) is 0 Å². The number of methoxy groups -OCH3 is 1. The second-order valence-electron chi connectivity index (χ2n) is 4.72. The van der Waals surface area contributed by atoms with E-state index in [0.717, 1.165) is 0 Å². The van der Waals surface area contributed by atoms with Crippen molar-refractivity contribution in [3.63, 3.8) is 0 Å². The highest BCUT2D eigenvalue weighted by Crippen LogP contribution is 2.31. The number of carboxylic acids is 1. The van der Waals surface area contributed by atoms with Gasteiger partial charge >= 0.3 is 11.7 Å². The van der Waals surface area contributed by atoms with Crippen molar-refractivity contribution in [1.29, 1.82) is 0 Å². The fraction of sp³-hybridized carbons (Fsp3) is 0.417. The largest absolute Gasteiger partial charge is 0.490 e. The van der Waals surface area contributed by atoms with Gasteiger partial charge in [0.15, 0.2) is 5.75 Å². The Labute approximate surface area is 110 Å². The molecule has 19 heavy (non-hydrogen) atoms. The van der Waals surface area contributed by atoms with Gasteiger partial charge in [-0.3, -0.25) is 14.9 Å². The Balaban J connectivity index is 2.97. The molecule has 1 rings (SSSR count). The number of carboxylic acid groups (broad SMARTS) is 1. The standard InChI is InChI=1S/C12H16N2O5/c1-12(2,7-11(15)16)13-8-4-5-9(14(17)18)10(6-8)19-3/h4-6,13H,7H2,1-3H3,(H,15,16). The predicted molar refractivity (Wildman–Crippen MR) is 69.6 cm³/mol. The number of nitro benzene ring substituents is 1. The molecule has 0 saturated heterocycles. The van der Waals surface area contributed by atoms with E-state index in [9.17, 15) is 14.9 Å². The molecule has 0 fully saturated rings. The van der Waals surface area contributed by atoms with Gasteiger partial charge in [0.25, 0.3) is 0 Å². The minimum absolute atomic E-state index is 0.0771. The Bertz CT molecular complexity index is 499. The Morgan fingerprint density at radius 3 is 2.63 bits per heavy atom. The topological polar surface area (TPSA) is 102 Å². The number of anilines is 1. The van der Waals surface area contributed by atoms with E-state index in [4.69, 9.17) is 9.84 Å². The van der Waals surface area contributed by atoms with E-state index in [-0.39, 0.29) is 17.9 Å².